The van der Waals surface area contributed by atoms with Gasteiger partial charge in [-0.2, -0.15) is 0 Å². The molecule has 108 valence electrons. The van der Waals surface area contributed by atoms with E-state index in [1.807, 2.05) is 6.92 Å². The van der Waals surface area contributed by atoms with Crippen molar-refractivity contribution in [3.05, 3.63) is 34.3 Å². The van der Waals surface area contributed by atoms with E-state index >= 15 is 0 Å². The van der Waals surface area contributed by atoms with E-state index in [1.165, 1.54) is 4.57 Å². The number of carboxylic acid groups (broad SMARTS) is 1. The number of oxazole rings is 1. The molecule has 0 aliphatic rings. The van der Waals surface area contributed by atoms with Crippen LogP contribution in [0.15, 0.2) is 27.4 Å². The Labute approximate surface area is 114 Å². The molecule has 1 heterocycles. The van der Waals surface area contributed by atoms with Gasteiger partial charge in [0.05, 0.1) is 18.2 Å². The lowest BCUT2D eigenvalue weighted by Gasteiger charge is -2.11. The van der Waals surface area contributed by atoms with Gasteiger partial charge in [0.25, 0.3) is 0 Å². The molecule has 0 aliphatic heterocycles. The van der Waals surface area contributed by atoms with Crippen LogP contribution in [0.2, 0.25) is 0 Å². The normalized spacial score (nSPS) is 12.7. The highest BCUT2D eigenvalue weighted by Crippen LogP contribution is 2.19. The van der Waals surface area contributed by atoms with Gasteiger partial charge in [-0.1, -0.05) is 6.07 Å². The number of carboxylic acids is 1. The second-order valence-corrected chi connectivity index (χ2v) is 4.35. The molecule has 7 heteroatoms. The molecule has 0 radical (unpaired) electrons. The molecular formula is C13H16N2O5. The molecule has 1 aromatic heterocycles. The van der Waals surface area contributed by atoms with Crippen molar-refractivity contribution in [1.29, 1.82) is 0 Å². The summed E-state index contributed by atoms with van der Waals surface area (Å²) < 4.78 is 11.6. The molecule has 0 spiro atoms. The molecule has 1 aromatic carbocycles. The highest BCUT2D eigenvalue weighted by molar-refractivity contribution is 5.74. The average Bonchev–Trinajstić information content (AvgIpc) is 2.72. The predicted molar refractivity (Wildman–Crippen MR) is 71.5 cm³/mol. The molecule has 0 saturated heterocycles. The van der Waals surface area contributed by atoms with Crippen LogP contribution in [0.3, 0.4) is 0 Å². The lowest BCUT2D eigenvalue weighted by molar-refractivity contribution is -0.142. The molecule has 2 rings (SSSR count). The number of benzene rings is 1. The molecule has 0 saturated carbocycles. The number of hydrogen-bond acceptors (Lipinski definition) is 5. The van der Waals surface area contributed by atoms with Crippen molar-refractivity contribution in [1.82, 2.24) is 4.57 Å². The van der Waals surface area contributed by atoms with Gasteiger partial charge < -0.3 is 20.0 Å². The van der Waals surface area contributed by atoms with Gasteiger partial charge >= 0.3 is 11.7 Å². The molecule has 3 N–H and O–H groups in total. The minimum atomic E-state index is -1.04. The smallest absolute Gasteiger partial charge is 0.419 e. The van der Waals surface area contributed by atoms with Gasteiger partial charge in [-0.15, -0.1) is 0 Å². The van der Waals surface area contributed by atoms with Crippen molar-refractivity contribution in [3.63, 3.8) is 0 Å². The van der Waals surface area contributed by atoms with Crippen LogP contribution in [-0.4, -0.2) is 28.9 Å². The van der Waals surface area contributed by atoms with Gasteiger partial charge in [0.15, 0.2) is 5.58 Å². The fourth-order valence-electron chi connectivity index (χ4n) is 1.98. The van der Waals surface area contributed by atoms with E-state index in [0.717, 1.165) is 5.56 Å². The maximum atomic E-state index is 11.6. The zero-order valence-electron chi connectivity index (χ0n) is 11.0. The van der Waals surface area contributed by atoms with Gasteiger partial charge in [-0.3, -0.25) is 4.57 Å². The summed E-state index contributed by atoms with van der Waals surface area (Å²) in [6, 6.07) is 4.74. The van der Waals surface area contributed by atoms with Gasteiger partial charge in [0, 0.05) is 6.54 Å². The standard InChI is InChI=1S/C13H16N2O5/c1-2-15-10-4-3-8(5-11(10)20-13(15)18)9(14)6-19-7-12(16)17/h3-5,9H,2,6-7,14H2,1H3,(H,16,17). The Kier molecular flexibility index (Phi) is 4.21. The number of rotatable bonds is 6. The number of fused-ring (bicyclic) bond motifs is 1. The van der Waals surface area contributed by atoms with Crippen LogP contribution in [0.25, 0.3) is 11.1 Å². The van der Waals surface area contributed by atoms with Gasteiger partial charge in [0.2, 0.25) is 0 Å². The van der Waals surface area contributed by atoms with Gasteiger partial charge in [-0.05, 0) is 24.6 Å². The number of carbonyl (C=O) groups is 1. The van der Waals surface area contributed by atoms with Crippen LogP contribution in [0.1, 0.15) is 18.5 Å². The van der Waals surface area contributed by atoms with Crippen molar-refractivity contribution in [3.8, 4) is 0 Å². The zero-order valence-corrected chi connectivity index (χ0v) is 11.0. The number of aromatic nitrogens is 1. The lowest BCUT2D eigenvalue weighted by Crippen LogP contribution is -2.19. The molecule has 7 nitrogen and oxygen atoms in total. The Balaban J connectivity index is 2.19. The van der Waals surface area contributed by atoms with Crippen molar-refractivity contribution < 1.29 is 19.1 Å². The summed E-state index contributed by atoms with van der Waals surface area (Å²) in [6.07, 6.45) is 0. The molecule has 0 fully saturated rings. The first-order valence-corrected chi connectivity index (χ1v) is 6.21. The van der Waals surface area contributed by atoms with Crippen molar-refractivity contribution in [2.24, 2.45) is 5.73 Å². The summed E-state index contributed by atoms with van der Waals surface area (Å²) in [5, 5.41) is 8.48. The first-order chi connectivity index (χ1) is 9.52. The summed E-state index contributed by atoms with van der Waals surface area (Å²) in [4.78, 5) is 21.9. The highest BCUT2D eigenvalue weighted by atomic mass is 16.5. The Morgan fingerprint density at radius 1 is 1.55 bits per heavy atom. The third-order valence-corrected chi connectivity index (χ3v) is 2.96. The van der Waals surface area contributed by atoms with Crippen LogP contribution in [0.4, 0.5) is 0 Å². The highest BCUT2D eigenvalue weighted by Gasteiger charge is 2.12. The zero-order chi connectivity index (χ0) is 14.7. The first kappa shape index (κ1) is 14.3. The molecule has 0 amide bonds. The van der Waals surface area contributed by atoms with Crippen molar-refractivity contribution in [2.45, 2.75) is 19.5 Å². The van der Waals surface area contributed by atoms with Crippen molar-refractivity contribution in [2.75, 3.05) is 13.2 Å². The molecule has 20 heavy (non-hydrogen) atoms. The van der Waals surface area contributed by atoms with E-state index in [9.17, 15) is 9.59 Å². The van der Waals surface area contributed by atoms with E-state index in [4.69, 9.17) is 20.0 Å². The van der Waals surface area contributed by atoms with Crippen LogP contribution in [0, 0.1) is 0 Å². The third kappa shape index (κ3) is 2.89. The average molecular weight is 280 g/mol. The largest absolute Gasteiger partial charge is 0.480 e. The summed E-state index contributed by atoms with van der Waals surface area (Å²) in [5.74, 6) is -1.45. The molecular weight excluding hydrogens is 264 g/mol. The van der Waals surface area contributed by atoms with Crippen LogP contribution in [0.5, 0.6) is 0 Å². The topological polar surface area (TPSA) is 108 Å². The van der Waals surface area contributed by atoms with Crippen LogP contribution < -0.4 is 11.5 Å². The monoisotopic (exact) mass is 280 g/mol. The fourth-order valence-corrected chi connectivity index (χ4v) is 1.98. The minimum absolute atomic E-state index is 0.0799. The second-order valence-electron chi connectivity index (χ2n) is 4.35. The maximum Gasteiger partial charge on any atom is 0.419 e. The van der Waals surface area contributed by atoms with Crippen LogP contribution >= 0.6 is 0 Å². The molecule has 0 aliphatic carbocycles. The predicted octanol–water partition coefficient (Wildman–Crippen LogP) is 0.715. The maximum absolute atomic E-state index is 11.6. The van der Waals surface area contributed by atoms with E-state index in [-0.39, 0.29) is 6.61 Å². The van der Waals surface area contributed by atoms with E-state index in [1.54, 1.807) is 18.2 Å². The summed E-state index contributed by atoms with van der Waals surface area (Å²) >= 11 is 0. The van der Waals surface area contributed by atoms with E-state index in [2.05, 4.69) is 0 Å². The summed E-state index contributed by atoms with van der Waals surface area (Å²) in [6.45, 7) is 2.07. The molecule has 2 aromatic rings. The number of ether oxygens (including phenoxy) is 1. The summed E-state index contributed by atoms with van der Waals surface area (Å²) in [7, 11) is 0. The SMILES string of the molecule is CCn1c(=O)oc2cc(C(N)COCC(=O)O)ccc21. The second kappa shape index (κ2) is 5.89. The third-order valence-electron chi connectivity index (χ3n) is 2.96. The first-order valence-electron chi connectivity index (χ1n) is 6.21. The Hall–Kier alpha value is -2.12. The molecule has 1 atom stereocenters. The molecule has 1 unspecified atom stereocenters. The van der Waals surface area contributed by atoms with E-state index in [0.29, 0.717) is 17.6 Å². The summed E-state index contributed by atoms with van der Waals surface area (Å²) in [5.41, 5.74) is 7.80. The molecule has 0 bridgehead atoms. The van der Waals surface area contributed by atoms with E-state index < -0.39 is 24.4 Å². The number of aryl methyl sites for hydroxylation is 1. The Morgan fingerprint density at radius 2 is 2.30 bits per heavy atom. The number of nitrogens with zero attached hydrogens (tertiary/aromatic N) is 1. The Morgan fingerprint density at radius 3 is 2.95 bits per heavy atom. The Bertz CT molecular complexity index is 673. The number of hydrogen-bond donors (Lipinski definition) is 2. The number of nitrogens with two attached hydrogens (primary N) is 1. The number of aliphatic carboxylic acids is 1. The minimum Gasteiger partial charge on any atom is -0.480 e. The lowest BCUT2D eigenvalue weighted by atomic mass is 10.1. The van der Waals surface area contributed by atoms with Gasteiger partial charge in [-0.25, -0.2) is 9.59 Å². The quantitative estimate of drug-likeness (QED) is 0.807. The van der Waals surface area contributed by atoms with Gasteiger partial charge in [0.1, 0.15) is 6.61 Å². The van der Waals surface area contributed by atoms with Crippen molar-refractivity contribution >= 4 is 17.1 Å². The fraction of sp³-hybridized carbons (Fsp3) is 0.385. The van der Waals surface area contributed by atoms with Crippen LogP contribution in [-0.2, 0) is 16.1 Å².